The molecule has 1 heterocycles. The van der Waals surface area contributed by atoms with Crippen LogP contribution in [-0.4, -0.2) is 44.7 Å². The van der Waals surface area contributed by atoms with Crippen molar-refractivity contribution >= 4 is 11.6 Å². The maximum Gasteiger partial charge on any atom is 0.253 e. The van der Waals surface area contributed by atoms with Gasteiger partial charge < -0.3 is 15.0 Å². The third-order valence-corrected chi connectivity index (χ3v) is 3.14. The van der Waals surface area contributed by atoms with Crippen LogP contribution in [0.2, 0.25) is 0 Å². The van der Waals surface area contributed by atoms with Crippen LogP contribution in [-0.2, 0) is 4.74 Å². The Bertz CT molecular complexity index is 439. The van der Waals surface area contributed by atoms with E-state index in [0.717, 1.165) is 25.4 Å². The highest BCUT2D eigenvalue weighted by Gasteiger charge is 2.32. The van der Waals surface area contributed by atoms with Crippen LogP contribution in [0.4, 0.5) is 5.69 Å². The van der Waals surface area contributed by atoms with E-state index in [4.69, 9.17) is 4.74 Å². The fourth-order valence-electron chi connectivity index (χ4n) is 1.89. The number of nitrogens with zero attached hydrogens (tertiary/aromatic N) is 1. The summed E-state index contributed by atoms with van der Waals surface area (Å²) < 4.78 is 5.22. The average Bonchev–Trinajstić information content (AvgIpc) is 2.33. The Hall–Kier alpha value is -1.55. The zero-order valence-corrected chi connectivity index (χ0v) is 11.2. The van der Waals surface area contributed by atoms with Crippen molar-refractivity contribution in [3.63, 3.8) is 0 Å². The van der Waals surface area contributed by atoms with Gasteiger partial charge >= 0.3 is 0 Å². The molecule has 1 fully saturated rings. The van der Waals surface area contributed by atoms with Crippen molar-refractivity contribution in [2.24, 2.45) is 5.41 Å². The monoisotopic (exact) mass is 248 g/mol. The molecular formula is C14H20N2O2. The minimum atomic E-state index is 0.0249. The maximum atomic E-state index is 11.8. The predicted molar refractivity (Wildman–Crippen MR) is 71.9 cm³/mol. The Morgan fingerprint density at radius 1 is 1.44 bits per heavy atom. The van der Waals surface area contributed by atoms with Crippen LogP contribution in [0, 0.1) is 5.41 Å². The van der Waals surface area contributed by atoms with Gasteiger partial charge in [0.05, 0.1) is 13.2 Å². The molecule has 0 aliphatic carbocycles. The van der Waals surface area contributed by atoms with Gasteiger partial charge in [-0.3, -0.25) is 4.79 Å². The summed E-state index contributed by atoms with van der Waals surface area (Å²) in [6.07, 6.45) is 0. The molecule has 0 saturated carbocycles. The van der Waals surface area contributed by atoms with E-state index in [-0.39, 0.29) is 11.3 Å². The van der Waals surface area contributed by atoms with Crippen molar-refractivity contribution in [1.82, 2.24) is 4.90 Å². The highest BCUT2D eigenvalue weighted by atomic mass is 16.5. The molecule has 1 aliphatic rings. The van der Waals surface area contributed by atoms with Gasteiger partial charge in [-0.25, -0.2) is 0 Å². The van der Waals surface area contributed by atoms with Crippen molar-refractivity contribution in [2.75, 3.05) is 39.2 Å². The fraction of sp³-hybridized carbons (Fsp3) is 0.500. The molecule has 2 rings (SSSR count). The molecule has 1 aromatic carbocycles. The molecule has 4 nitrogen and oxygen atoms in total. The second-order valence-electron chi connectivity index (χ2n) is 5.44. The normalized spacial score (nSPS) is 16.8. The van der Waals surface area contributed by atoms with Crippen LogP contribution >= 0.6 is 0 Å². The first-order valence-electron chi connectivity index (χ1n) is 6.14. The number of carbonyl (C=O) groups excluding carboxylic acids is 1. The zero-order chi connectivity index (χ0) is 13.2. The molecule has 1 amide bonds. The van der Waals surface area contributed by atoms with Gasteiger partial charge in [-0.05, 0) is 18.2 Å². The van der Waals surface area contributed by atoms with Crippen molar-refractivity contribution in [3.8, 4) is 0 Å². The highest BCUT2D eigenvalue weighted by Crippen LogP contribution is 2.26. The molecule has 18 heavy (non-hydrogen) atoms. The lowest BCUT2D eigenvalue weighted by molar-refractivity contribution is -0.0924. The summed E-state index contributed by atoms with van der Waals surface area (Å²) in [5.41, 5.74) is 1.91. The number of amides is 1. The van der Waals surface area contributed by atoms with Gasteiger partial charge in [0.1, 0.15) is 0 Å². The number of hydrogen-bond acceptors (Lipinski definition) is 3. The number of anilines is 1. The van der Waals surface area contributed by atoms with E-state index in [0.29, 0.717) is 5.56 Å². The predicted octanol–water partition coefficient (Wildman–Crippen LogP) is 1.84. The molecule has 0 spiro atoms. The summed E-state index contributed by atoms with van der Waals surface area (Å²) in [6.45, 7) is 4.66. The molecule has 0 aromatic heterocycles. The summed E-state index contributed by atoms with van der Waals surface area (Å²) in [5.74, 6) is 0.0249. The number of benzene rings is 1. The van der Waals surface area contributed by atoms with Crippen LogP contribution in [0.1, 0.15) is 17.3 Å². The largest absolute Gasteiger partial charge is 0.384 e. The smallest absolute Gasteiger partial charge is 0.253 e. The van der Waals surface area contributed by atoms with E-state index in [1.54, 1.807) is 19.0 Å². The Morgan fingerprint density at radius 3 is 2.72 bits per heavy atom. The first-order valence-corrected chi connectivity index (χ1v) is 6.14. The fourth-order valence-corrected chi connectivity index (χ4v) is 1.89. The van der Waals surface area contributed by atoms with Gasteiger partial charge in [0.2, 0.25) is 0 Å². The zero-order valence-electron chi connectivity index (χ0n) is 11.2. The first kappa shape index (κ1) is 12.9. The standard InChI is InChI=1S/C14H20N2O2/c1-14(9-18-10-14)8-15-12-6-4-5-11(7-12)13(17)16(2)3/h4-7,15H,8-10H2,1-3H3. The molecule has 98 valence electrons. The van der Waals surface area contributed by atoms with Gasteiger partial charge in [-0.15, -0.1) is 0 Å². The highest BCUT2D eigenvalue weighted by molar-refractivity contribution is 5.94. The van der Waals surface area contributed by atoms with Crippen molar-refractivity contribution < 1.29 is 9.53 Å². The third-order valence-electron chi connectivity index (χ3n) is 3.14. The molecule has 1 aromatic rings. The average molecular weight is 248 g/mol. The second kappa shape index (κ2) is 4.98. The maximum absolute atomic E-state index is 11.8. The molecular weight excluding hydrogens is 228 g/mol. The molecule has 1 saturated heterocycles. The van der Waals surface area contributed by atoms with Crippen LogP contribution in [0.5, 0.6) is 0 Å². The number of hydrogen-bond donors (Lipinski definition) is 1. The van der Waals surface area contributed by atoms with E-state index in [2.05, 4.69) is 12.2 Å². The molecule has 4 heteroatoms. The minimum absolute atomic E-state index is 0.0249. The summed E-state index contributed by atoms with van der Waals surface area (Å²) in [5, 5.41) is 3.37. The Kier molecular flexibility index (Phi) is 3.57. The van der Waals surface area contributed by atoms with E-state index in [9.17, 15) is 4.79 Å². The summed E-state index contributed by atoms with van der Waals surface area (Å²) >= 11 is 0. The Morgan fingerprint density at radius 2 is 2.17 bits per heavy atom. The van der Waals surface area contributed by atoms with E-state index < -0.39 is 0 Å². The van der Waals surface area contributed by atoms with Crippen LogP contribution in [0.25, 0.3) is 0 Å². The van der Waals surface area contributed by atoms with E-state index in [1.165, 1.54) is 0 Å². The lowest BCUT2D eigenvalue weighted by atomic mass is 9.88. The molecule has 0 atom stereocenters. The van der Waals surface area contributed by atoms with Gasteiger partial charge in [-0.1, -0.05) is 13.0 Å². The van der Waals surface area contributed by atoms with Gasteiger partial charge in [0, 0.05) is 37.3 Å². The van der Waals surface area contributed by atoms with Gasteiger partial charge in [0.25, 0.3) is 5.91 Å². The quantitative estimate of drug-likeness (QED) is 0.884. The lowest BCUT2D eigenvalue weighted by Gasteiger charge is -2.38. The Labute approximate surface area is 108 Å². The third kappa shape index (κ3) is 2.82. The van der Waals surface area contributed by atoms with Crippen molar-refractivity contribution in [2.45, 2.75) is 6.92 Å². The van der Waals surface area contributed by atoms with Crippen molar-refractivity contribution in [3.05, 3.63) is 29.8 Å². The number of carbonyl (C=O) groups is 1. The van der Waals surface area contributed by atoms with Crippen LogP contribution in [0.3, 0.4) is 0 Å². The Balaban J connectivity index is 2.01. The van der Waals surface area contributed by atoms with Gasteiger partial charge in [-0.2, -0.15) is 0 Å². The number of rotatable bonds is 4. The van der Waals surface area contributed by atoms with Gasteiger partial charge in [0.15, 0.2) is 0 Å². The van der Waals surface area contributed by atoms with E-state index in [1.807, 2.05) is 24.3 Å². The lowest BCUT2D eigenvalue weighted by Crippen LogP contribution is -2.45. The topological polar surface area (TPSA) is 41.6 Å². The summed E-state index contributed by atoms with van der Waals surface area (Å²) in [6, 6.07) is 7.61. The molecule has 0 radical (unpaired) electrons. The molecule has 1 aliphatic heterocycles. The summed E-state index contributed by atoms with van der Waals surface area (Å²) in [4.78, 5) is 13.4. The SMILES string of the molecule is CN(C)C(=O)c1cccc(NCC2(C)COC2)c1. The van der Waals surface area contributed by atoms with E-state index >= 15 is 0 Å². The second-order valence-corrected chi connectivity index (χ2v) is 5.44. The minimum Gasteiger partial charge on any atom is -0.384 e. The van der Waals surface area contributed by atoms with Crippen LogP contribution < -0.4 is 5.32 Å². The van der Waals surface area contributed by atoms with Crippen molar-refractivity contribution in [1.29, 1.82) is 0 Å². The molecule has 1 N–H and O–H groups in total. The summed E-state index contributed by atoms with van der Waals surface area (Å²) in [7, 11) is 3.52. The van der Waals surface area contributed by atoms with Crippen LogP contribution in [0.15, 0.2) is 24.3 Å². The molecule has 0 unspecified atom stereocenters. The first-order chi connectivity index (χ1) is 8.50. The number of nitrogens with one attached hydrogen (secondary N) is 1. The molecule has 0 bridgehead atoms. The number of ether oxygens (including phenoxy) is 1.